The third kappa shape index (κ3) is 5.34. The van der Waals surface area contributed by atoms with Crippen LogP contribution in [0.4, 0.5) is 5.82 Å². The second-order valence-corrected chi connectivity index (χ2v) is 8.18. The number of anilines is 1. The second-order valence-electron chi connectivity index (χ2n) is 8.18. The van der Waals surface area contributed by atoms with E-state index in [0.717, 1.165) is 42.1 Å². The number of guanidine groups is 1. The molecule has 6 N–H and O–H groups in total. The average Bonchev–Trinajstić information content (AvgIpc) is 2.67. The minimum Gasteiger partial charge on any atom is -0.370 e. The molecule has 1 heterocycles. The van der Waals surface area contributed by atoms with Crippen LogP contribution in [-0.4, -0.2) is 40.5 Å². The highest BCUT2D eigenvalue weighted by molar-refractivity contribution is 5.96. The van der Waals surface area contributed by atoms with E-state index in [1.165, 1.54) is 0 Å². The van der Waals surface area contributed by atoms with Gasteiger partial charge in [-0.1, -0.05) is 38.3 Å². The van der Waals surface area contributed by atoms with Gasteiger partial charge in [-0.15, -0.1) is 0 Å². The molecule has 156 valence electrons. The summed E-state index contributed by atoms with van der Waals surface area (Å²) in [6.45, 7) is 6.69. The van der Waals surface area contributed by atoms with Crippen molar-refractivity contribution < 1.29 is 4.79 Å². The Morgan fingerprint density at radius 3 is 2.72 bits per heavy atom. The predicted molar refractivity (Wildman–Crippen MR) is 117 cm³/mol. The van der Waals surface area contributed by atoms with Crippen LogP contribution in [0.5, 0.6) is 0 Å². The lowest BCUT2D eigenvalue weighted by Gasteiger charge is -2.30. The molecule has 0 bridgehead atoms. The highest BCUT2D eigenvalue weighted by Gasteiger charge is 2.26. The van der Waals surface area contributed by atoms with Gasteiger partial charge in [0, 0.05) is 11.9 Å². The van der Waals surface area contributed by atoms with Gasteiger partial charge in [-0.05, 0) is 37.8 Å². The van der Waals surface area contributed by atoms with E-state index in [1.807, 2.05) is 39.0 Å². The van der Waals surface area contributed by atoms with Crippen LogP contribution in [0.2, 0.25) is 0 Å². The Labute approximate surface area is 171 Å². The van der Waals surface area contributed by atoms with Crippen LogP contribution in [-0.2, 0) is 0 Å². The van der Waals surface area contributed by atoms with Gasteiger partial charge in [-0.2, -0.15) is 0 Å². The van der Waals surface area contributed by atoms with Crippen LogP contribution < -0.4 is 22.1 Å². The molecular weight excluding hydrogens is 366 g/mol. The maximum absolute atomic E-state index is 12.6. The molecule has 29 heavy (non-hydrogen) atoms. The number of fused-ring (bicyclic) bond motifs is 1. The molecule has 8 heteroatoms. The lowest BCUT2D eigenvalue weighted by molar-refractivity contribution is 0.0939. The van der Waals surface area contributed by atoms with Crippen LogP contribution in [0.25, 0.3) is 10.9 Å². The molecule has 0 radical (unpaired) electrons. The molecular formula is C21H31N7O. The van der Waals surface area contributed by atoms with Crippen molar-refractivity contribution in [2.24, 2.45) is 22.4 Å². The first-order valence-corrected chi connectivity index (χ1v) is 10.3. The molecule has 2 aromatic rings. The smallest absolute Gasteiger partial charge is 0.289 e. The topological polar surface area (TPSA) is 131 Å². The van der Waals surface area contributed by atoms with Gasteiger partial charge in [-0.3, -0.25) is 4.79 Å². The molecule has 0 aliphatic heterocycles. The summed E-state index contributed by atoms with van der Waals surface area (Å²) >= 11 is 0. The van der Waals surface area contributed by atoms with Crippen molar-refractivity contribution in [3.63, 3.8) is 0 Å². The zero-order valence-corrected chi connectivity index (χ0v) is 17.4. The number of amides is 1. The van der Waals surface area contributed by atoms with Crippen molar-refractivity contribution in [3.05, 3.63) is 29.6 Å². The van der Waals surface area contributed by atoms with Gasteiger partial charge in [0.1, 0.15) is 5.82 Å². The number of hydrogen-bond donors (Lipinski definition) is 4. The fourth-order valence-corrected chi connectivity index (χ4v) is 3.63. The summed E-state index contributed by atoms with van der Waals surface area (Å²) in [5.41, 5.74) is 13.1. The molecule has 0 saturated heterocycles. The number of aromatic nitrogens is 2. The second kappa shape index (κ2) is 9.07. The molecule has 1 aromatic heterocycles. The molecule has 1 aliphatic rings. The number of nitrogens with one attached hydrogen (secondary N) is 2. The van der Waals surface area contributed by atoms with E-state index in [-0.39, 0.29) is 29.8 Å². The van der Waals surface area contributed by atoms with E-state index >= 15 is 0 Å². The fraction of sp³-hybridized carbons (Fsp3) is 0.524. The number of hydrogen-bond acceptors (Lipinski definition) is 5. The van der Waals surface area contributed by atoms with Crippen LogP contribution in [0.15, 0.2) is 23.2 Å². The van der Waals surface area contributed by atoms with Gasteiger partial charge >= 0.3 is 0 Å². The third-order valence-corrected chi connectivity index (χ3v) is 5.09. The molecule has 0 unspecified atom stereocenters. The Morgan fingerprint density at radius 1 is 1.24 bits per heavy atom. The molecule has 1 saturated carbocycles. The van der Waals surface area contributed by atoms with E-state index in [2.05, 4.69) is 25.6 Å². The Hall–Kier alpha value is -2.90. The molecule has 8 nitrogen and oxygen atoms in total. The highest BCUT2D eigenvalue weighted by atomic mass is 16.2. The molecule has 1 amide bonds. The van der Waals surface area contributed by atoms with Gasteiger partial charge in [0.05, 0.1) is 17.6 Å². The van der Waals surface area contributed by atoms with Crippen LogP contribution in [0.1, 0.15) is 55.7 Å². The van der Waals surface area contributed by atoms with E-state index in [4.69, 9.17) is 11.5 Å². The minimum absolute atomic E-state index is 0.0122. The standard InChI is InChI=1S/C21H31N7O/c1-12(2)11-24-20(29)19-25-15-9-8-13(3)10-14(15)18(28-19)26-16-6-4-5-7-17(16)27-21(22)23/h8-10,12,16-17H,4-7,11H2,1-3H3,(H,24,29)(H4,22,23,27)(H,25,26,28)/t16-,17-/m1/s1. The quantitative estimate of drug-likeness (QED) is 0.437. The number of carbonyl (C=O) groups excluding carboxylic acids is 1. The Balaban J connectivity index is 1.96. The van der Waals surface area contributed by atoms with E-state index in [9.17, 15) is 4.79 Å². The summed E-state index contributed by atoms with van der Waals surface area (Å²) in [6, 6.07) is 5.98. The van der Waals surface area contributed by atoms with Crippen LogP contribution >= 0.6 is 0 Å². The van der Waals surface area contributed by atoms with Crippen molar-refractivity contribution in [1.29, 1.82) is 0 Å². The number of aryl methyl sites for hydroxylation is 1. The van der Waals surface area contributed by atoms with Gasteiger partial charge in [-0.25, -0.2) is 15.0 Å². The minimum atomic E-state index is -0.270. The number of nitrogens with two attached hydrogens (primary N) is 2. The predicted octanol–water partition coefficient (Wildman–Crippen LogP) is 2.32. The fourth-order valence-electron chi connectivity index (χ4n) is 3.63. The molecule has 1 aromatic carbocycles. The number of rotatable bonds is 6. The lowest BCUT2D eigenvalue weighted by Crippen LogP contribution is -2.38. The molecule has 3 rings (SSSR count). The maximum atomic E-state index is 12.6. The molecule has 0 spiro atoms. The van der Waals surface area contributed by atoms with E-state index in [1.54, 1.807) is 0 Å². The van der Waals surface area contributed by atoms with Crippen molar-refractivity contribution in [2.45, 2.75) is 58.5 Å². The van der Waals surface area contributed by atoms with Crippen molar-refractivity contribution in [3.8, 4) is 0 Å². The summed E-state index contributed by atoms with van der Waals surface area (Å²) < 4.78 is 0. The highest BCUT2D eigenvalue weighted by Crippen LogP contribution is 2.28. The zero-order valence-electron chi connectivity index (χ0n) is 17.4. The monoisotopic (exact) mass is 397 g/mol. The van der Waals surface area contributed by atoms with Gasteiger partial charge in [0.2, 0.25) is 5.82 Å². The van der Waals surface area contributed by atoms with E-state index < -0.39 is 0 Å². The Bertz CT molecular complexity index is 905. The van der Waals surface area contributed by atoms with Gasteiger partial charge in [0.25, 0.3) is 5.91 Å². The van der Waals surface area contributed by atoms with E-state index in [0.29, 0.717) is 18.3 Å². The number of benzene rings is 1. The molecule has 1 aliphatic carbocycles. The van der Waals surface area contributed by atoms with Gasteiger partial charge < -0.3 is 22.1 Å². The van der Waals surface area contributed by atoms with Crippen molar-refractivity contribution in [2.75, 3.05) is 11.9 Å². The molecule has 2 atom stereocenters. The number of carbonyl (C=O) groups is 1. The largest absolute Gasteiger partial charge is 0.370 e. The first-order chi connectivity index (χ1) is 13.8. The zero-order chi connectivity index (χ0) is 21.0. The number of aliphatic imine (C=N–C) groups is 1. The third-order valence-electron chi connectivity index (χ3n) is 5.09. The van der Waals surface area contributed by atoms with Gasteiger partial charge in [0.15, 0.2) is 5.96 Å². The van der Waals surface area contributed by atoms with Crippen molar-refractivity contribution in [1.82, 2.24) is 15.3 Å². The first kappa shape index (κ1) is 20.8. The SMILES string of the molecule is Cc1ccc2nc(C(=O)NCC(C)C)nc(N[C@@H]3CCCC[C@H]3N=C(N)N)c2c1. The van der Waals surface area contributed by atoms with Crippen molar-refractivity contribution >= 4 is 28.6 Å². The Morgan fingerprint density at radius 2 is 2.00 bits per heavy atom. The summed E-state index contributed by atoms with van der Waals surface area (Å²) in [6.07, 6.45) is 4.04. The number of nitrogens with zero attached hydrogens (tertiary/aromatic N) is 3. The summed E-state index contributed by atoms with van der Waals surface area (Å²) in [7, 11) is 0. The maximum Gasteiger partial charge on any atom is 0.289 e. The van der Waals surface area contributed by atoms with Crippen LogP contribution in [0.3, 0.4) is 0 Å². The summed E-state index contributed by atoms with van der Waals surface area (Å²) in [5.74, 6) is 0.992. The average molecular weight is 398 g/mol. The van der Waals surface area contributed by atoms with Crippen LogP contribution in [0, 0.1) is 12.8 Å². The Kier molecular flexibility index (Phi) is 6.51. The molecule has 1 fully saturated rings. The normalized spacial score (nSPS) is 19.2. The lowest BCUT2D eigenvalue weighted by atomic mass is 9.90. The first-order valence-electron chi connectivity index (χ1n) is 10.3. The summed E-state index contributed by atoms with van der Waals surface area (Å²) in [5, 5.41) is 7.30. The summed E-state index contributed by atoms with van der Waals surface area (Å²) in [4.78, 5) is 26.1.